The predicted octanol–water partition coefficient (Wildman–Crippen LogP) is 4.95. The number of nitrogens with zero attached hydrogens (tertiary/aromatic N) is 4. The zero-order valence-electron chi connectivity index (χ0n) is 19.0. The molecule has 0 N–H and O–H groups in total. The first-order valence-electron chi connectivity index (χ1n) is 10.5. The summed E-state index contributed by atoms with van der Waals surface area (Å²) < 4.78 is 10.9. The van der Waals surface area contributed by atoms with Crippen LogP contribution in [0, 0.1) is 32.1 Å². The number of amides is 1. The average Bonchev–Trinajstić information content (AvgIpc) is 3.51. The van der Waals surface area contributed by atoms with Crippen LogP contribution in [0.4, 0.5) is 0 Å². The van der Waals surface area contributed by atoms with Crippen molar-refractivity contribution in [1.29, 1.82) is 5.26 Å². The molecule has 1 unspecified atom stereocenters. The molecule has 0 bridgehead atoms. The van der Waals surface area contributed by atoms with Crippen molar-refractivity contribution in [2.75, 3.05) is 12.9 Å². The number of hydrogen-bond acceptors (Lipinski definition) is 7. The van der Waals surface area contributed by atoms with Crippen LogP contribution in [0.3, 0.4) is 0 Å². The van der Waals surface area contributed by atoms with Crippen LogP contribution in [0.1, 0.15) is 46.2 Å². The van der Waals surface area contributed by atoms with Crippen LogP contribution in [-0.2, 0) is 4.79 Å². The Balaban J connectivity index is 1.59. The van der Waals surface area contributed by atoms with Crippen molar-refractivity contribution in [3.05, 3.63) is 76.4 Å². The molecular formula is C25H24N4O3S. The normalized spacial score (nSPS) is 15.3. The number of hydrazone groups is 1. The highest BCUT2D eigenvalue weighted by Gasteiger charge is 2.35. The maximum absolute atomic E-state index is 13.3. The summed E-state index contributed by atoms with van der Waals surface area (Å²) in [5.74, 6) is 1.37. The Bertz CT molecular complexity index is 1240. The topological polar surface area (TPSA) is 91.7 Å². The van der Waals surface area contributed by atoms with Gasteiger partial charge in [0.05, 0.1) is 30.4 Å². The lowest BCUT2D eigenvalue weighted by atomic mass is 10.0. The fourth-order valence-corrected chi connectivity index (χ4v) is 4.68. The number of aromatic nitrogens is 1. The summed E-state index contributed by atoms with van der Waals surface area (Å²) in [6.45, 7) is 5.77. The Hall–Kier alpha value is -3.57. The third-order valence-electron chi connectivity index (χ3n) is 5.87. The standard InChI is InChI=1S/C25H24N4O3S/c1-15-16(2)20(13-26)25(27-17(15)3)33-14-24(30)29-22(23-6-5-11-32-23)12-21(28-29)18-7-9-19(31-4)10-8-18/h5-11,22H,12,14H2,1-4H3. The first-order chi connectivity index (χ1) is 15.9. The van der Waals surface area contributed by atoms with Gasteiger partial charge in [-0.15, -0.1) is 0 Å². The molecular weight excluding hydrogens is 436 g/mol. The molecule has 33 heavy (non-hydrogen) atoms. The Labute approximate surface area is 197 Å². The molecule has 0 fully saturated rings. The highest BCUT2D eigenvalue weighted by molar-refractivity contribution is 8.00. The molecule has 1 aromatic carbocycles. The number of hydrogen-bond donors (Lipinski definition) is 0. The molecule has 1 amide bonds. The van der Waals surface area contributed by atoms with Gasteiger partial charge in [0.25, 0.3) is 5.91 Å². The van der Waals surface area contributed by atoms with Gasteiger partial charge in [-0.2, -0.15) is 10.4 Å². The van der Waals surface area contributed by atoms with Gasteiger partial charge < -0.3 is 9.15 Å². The molecule has 0 saturated carbocycles. The maximum Gasteiger partial charge on any atom is 0.253 e. The zero-order chi connectivity index (χ0) is 23.5. The van der Waals surface area contributed by atoms with Gasteiger partial charge in [0.1, 0.15) is 28.6 Å². The van der Waals surface area contributed by atoms with Crippen molar-refractivity contribution in [3.8, 4) is 11.8 Å². The monoisotopic (exact) mass is 460 g/mol. The van der Waals surface area contributed by atoms with Crippen LogP contribution >= 0.6 is 11.8 Å². The molecule has 7 nitrogen and oxygen atoms in total. The smallest absolute Gasteiger partial charge is 0.253 e. The Kier molecular flexibility index (Phi) is 6.52. The Morgan fingerprint density at radius 3 is 2.64 bits per heavy atom. The quantitative estimate of drug-likeness (QED) is 0.483. The van der Waals surface area contributed by atoms with E-state index >= 15 is 0 Å². The fourth-order valence-electron chi connectivity index (χ4n) is 3.74. The van der Waals surface area contributed by atoms with E-state index in [0.29, 0.717) is 22.8 Å². The minimum Gasteiger partial charge on any atom is -0.497 e. The number of furan rings is 1. The van der Waals surface area contributed by atoms with E-state index in [1.165, 1.54) is 16.8 Å². The van der Waals surface area contributed by atoms with Crippen molar-refractivity contribution in [2.45, 2.75) is 38.3 Å². The van der Waals surface area contributed by atoms with Crippen molar-refractivity contribution in [1.82, 2.24) is 9.99 Å². The van der Waals surface area contributed by atoms with Crippen LogP contribution < -0.4 is 4.74 Å². The highest BCUT2D eigenvalue weighted by Crippen LogP contribution is 2.35. The van der Waals surface area contributed by atoms with E-state index in [9.17, 15) is 10.1 Å². The molecule has 1 atom stereocenters. The lowest BCUT2D eigenvalue weighted by Gasteiger charge is -2.20. The number of benzene rings is 1. The molecule has 2 aromatic heterocycles. The molecule has 3 aromatic rings. The van der Waals surface area contributed by atoms with Gasteiger partial charge in [-0.25, -0.2) is 9.99 Å². The van der Waals surface area contributed by atoms with E-state index in [1.807, 2.05) is 51.1 Å². The number of ether oxygens (including phenoxy) is 1. The zero-order valence-corrected chi connectivity index (χ0v) is 19.8. The average molecular weight is 461 g/mol. The van der Waals surface area contributed by atoms with Crippen LogP contribution in [0.25, 0.3) is 0 Å². The van der Waals surface area contributed by atoms with Crippen LogP contribution in [-0.4, -0.2) is 34.5 Å². The van der Waals surface area contributed by atoms with Gasteiger partial charge in [-0.3, -0.25) is 4.79 Å². The van der Waals surface area contributed by atoms with Crippen molar-refractivity contribution in [3.63, 3.8) is 0 Å². The number of rotatable bonds is 6. The van der Waals surface area contributed by atoms with E-state index in [0.717, 1.165) is 33.8 Å². The number of nitriles is 1. The number of methoxy groups -OCH3 is 1. The summed E-state index contributed by atoms with van der Waals surface area (Å²) in [7, 11) is 1.62. The number of pyridine rings is 1. The molecule has 0 radical (unpaired) electrons. The molecule has 0 spiro atoms. The van der Waals surface area contributed by atoms with E-state index in [1.54, 1.807) is 19.4 Å². The van der Waals surface area contributed by atoms with Crippen molar-refractivity contribution < 1.29 is 13.9 Å². The van der Waals surface area contributed by atoms with Gasteiger partial charge in [0, 0.05) is 12.1 Å². The molecule has 1 aliphatic heterocycles. The SMILES string of the molecule is COc1ccc(C2=NN(C(=O)CSc3nc(C)c(C)c(C)c3C#N)C(c3ccco3)C2)cc1. The van der Waals surface area contributed by atoms with Crippen molar-refractivity contribution in [2.24, 2.45) is 5.10 Å². The van der Waals surface area contributed by atoms with E-state index in [-0.39, 0.29) is 17.7 Å². The third-order valence-corrected chi connectivity index (χ3v) is 6.83. The van der Waals surface area contributed by atoms with Gasteiger partial charge in [0.2, 0.25) is 0 Å². The second-order valence-corrected chi connectivity index (χ2v) is 8.74. The van der Waals surface area contributed by atoms with E-state index < -0.39 is 0 Å². The fraction of sp³-hybridized carbons (Fsp3) is 0.280. The molecule has 8 heteroatoms. The van der Waals surface area contributed by atoms with Gasteiger partial charge in [-0.1, -0.05) is 11.8 Å². The Morgan fingerprint density at radius 2 is 2.00 bits per heavy atom. The summed E-state index contributed by atoms with van der Waals surface area (Å²) in [6, 6.07) is 13.2. The Morgan fingerprint density at radius 1 is 1.24 bits per heavy atom. The molecule has 3 heterocycles. The number of aryl methyl sites for hydroxylation is 1. The second-order valence-electron chi connectivity index (χ2n) is 7.78. The molecule has 0 aliphatic carbocycles. The number of carbonyl (C=O) groups is 1. The van der Waals surface area contributed by atoms with Crippen LogP contribution in [0.5, 0.6) is 5.75 Å². The van der Waals surface area contributed by atoms with Gasteiger partial charge in [-0.05, 0) is 73.9 Å². The van der Waals surface area contributed by atoms with Crippen LogP contribution in [0.15, 0.2) is 57.2 Å². The maximum atomic E-state index is 13.3. The first-order valence-corrected chi connectivity index (χ1v) is 11.5. The predicted molar refractivity (Wildman–Crippen MR) is 126 cm³/mol. The lowest BCUT2D eigenvalue weighted by Crippen LogP contribution is -2.28. The summed E-state index contributed by atoms with van der Waals surface area (Å²) in [4.78, 5) is 17.8. The minimum atomic E-state index is -0.324. The van der Waals surface area contributed by atoms with E-state index in [4.69, 9.17) is 9.15 Å². The molecule has 1 aliphatic rings. The minimum absolute atomic E-state index is 0.111. The summed E-state index contributed by atoms with van der Waals surface area (Å²) in [5, 5.41) is 16.3. The van der Waals surface area contributed by atoms with Crippen LogP contribution in [0.2, 0.25) is 0 Å². The van der Waals surface area contributed by atoms with Crippen molar-refractivity contribution >= 4 is 23.4 Å². The lowest BCUT2D eigenvalue weighted by molar-refractivity contribution is -0.130. The second kappa shape index (κ2) is 9.51. The highest BCUT2D eigenvalue weighted by atomic mass is 32.2. The first kappa shape index (κ1) is 22.6. The number of carbonyl (C=O) groups excluding carboxylic acids is 1. The van der Waals surface area contributed by atoms with Gasteiger partial charge in [0.15, 0.2) is 0 Å². The van der Waals surface area contributed by atoms with E-state index in [2.05, 4.69) is 16.2 Å². The molecule has 168 valence electrons. The molecule has 0 saturated heterocycles. The summed E-state index contributed by atoms with van der Waals surface area (Å²) >= 11 is 1.26. The third kappa shape index (κ3) is 4.50. The molecule has 4 rings (SSSR count). The summed E-state index contributed by atoms with van der Waals surface area (Å²) in [6.07, 6.45) is 2.14. The number of thioether (sulfide) groups is 1. The largest absolute Gasteiger partial charge is 0.497 e. The van der Waals surface area contributed by atoms with Gasteiger partial charge >= 0.3 is 0 Å². The summed E-state index contributed by atoms with van der Waals surface area (Å²) in [5.41, 5.74) is 4.99.